The third kappa shape index (κ3) is 2.90. The Bertz CT molecular complexity index is 818. The van der Waals surface area contributed by atoms with Gasteiger partial charge >= 0.3 is 0 Å². The minimum Gasteiger partial charge on any atom is -0.331 e. The van der Waals surface area contributed by atoms with E-state index in [2.05, 4.69) is 63.3 Å². The minimum absolute atomic E-state index is 0.944. The maximum absolute atomic E-state index is 4.79. The summed E-state index contributed by atoms with van der Waals surface area (Å²) in [5.74, 6) is 0. The molecule has 0 atom stereocenters. The molecule has 0 aliphatic rings. The first-order chi connectivity index (χ1) is 10.5. The summed E-state index contributed by atoms with van der Waals surface area (Å²) >= 11 is 1.70. The van der Waals surface area contributed by atoms with E-state index in [0.717, 1.165) is 16.5 Å². The van der Waals surface area contributed by atoms with E-state index in [4.69, 9.17) is 4.98 Å². The van der Waals surface area contributed by atoms with Gasteiger partial charge in [0.1, 0.15) is 0 Å². The van der Waals surface area contributed by atoms with Crippen LogP contribution in [0, 0.1) is 27.7 Å². The van der Waals surface area contributed by atoms with Gasteiger partial charge in [-0.3, -0.25) is 0 Å². The predicted octanol–water partition coefficient (Wildman–Crippen LogP) is 5.79. The number of rotatable bonds is 3. The van der Waals surface area contributed by atoms with Crippen LogP contribution in [0.5, 0.6) is 0 Å². The Labute approximate surface area is 135 Å². The third-order valence-corrected chi connectivity index (χ3v) is 4.85. The quantitative estimate of drug-likeness (QED) is 0.662. The van der Waals surface area contributed by atoms with Gasteiger partial charge in [0.2, 0.25) is 0 Å². The zero-order valence-electron chi connectivity index (χ0n) is 13.4. The highest BCUT2D eigenvalue weighted by atomic mass is 32.1. The first-order valence-electron chi connectivity index (χ1n) is 7.42. The summed E-state index contributed by atoms with van der Waals surface area (Å²) < 4.78 is 0. The van der Waals surface area contributed by atoms with E-state index >= 15 is 0 Å². The molecular weight excluding hydrogens is 288 g/mol. The van der Waals surface area contributed by atoms with Crippen LogP contribution in [0.3, 0.4) is 0 Å². The lowest BCUT2D eigenvalue weighted by Gasteiger charge is -2.05. The first kappa shape index (κ1) is 14.8. The molecule has 3 aromatic rings. The van der Waals surface area contributed by atoms with Gasteiger partial charge in [0.25, 0.3) is 0 Å². The van der Waals surface area contributed by atoms with Crippen LogP contribution in [0.1, 0.15) is 21.6 Å². The van der Waals surface area contributed by atoms with E-state index in [0.29, 0.717) is 0 Å². The second-order valence-corrected chi connectivity index (χ2v) is 6.87. The summed E-state index contributed by atoms with van der Waals surface area (Å²) in [7, 11) is 0. The zero-order valence-corrected chi connectivity index (χ0v) is 14.2. The number of nitrogens with one attached hydrogen (secondary N) is 1. The molecule has 1 heterocycles. The molecule has 3 heteroatoms. The molecule has 1 aromatic heterocycles. The second-order valence-electron chi connectivity index (χ2n) is 5.66. The summed E-state index contributed by atoms with van der Waals surface area (Å²) in [5, 5.41) is 4.38. The molecule has 22 heavy (non-hydrogen) atoms. The molecule has 0 bridgehead atoms. The molecule has 0 amide bonds. The average molecular weight is 308 g/mol. The first-order valence-corrected chi connectivity index (χ1v) is 8.24. The zero-order chi connectivity index (χ0) is 15.7. The monoisotopic (exact) mass is 308 g/mol. The summed E-state index contributed by atoms with van der Waals surface area (Å²) in [5.41, 5.74) is 7.22. The van der Waals surface area contributed by atoms with Crippen LogP contribution in [0.15, 0.2) is 42.5 Å². The van der Waals surface area contributed by atoms with Gasteiger partial charge in [0, 0.05) is 16.1 Å². The van der Waals surface area contributed by atoms with Gasteiger partial charge in [-0.15, -0.1) is 11.3 Å². The van der Waals surface area contributed by atoms with Crippen molar-refractivity contribution in [3.63, 3.8) is 0 Å². The Morgan fingerprint density at radius 3 is 2.36 bits per heavy atom. The Hall–Kier alpha value is -2.13. The molecule has 1 N–H and O–H groups in total. The molecule has 0 spiro atoms. The van der Waals surface area contributed by atoms with Crippen molar-refractivity contribution < 1.29 is 0 Å². The molecule has 3 rings (SSSR count). The van der Waals surface area contributed by atoms with E-state index in [1.807, 2.05) is 12.1 Å². The van der Waals surface area contributed by atoms with Gasteiger partial charge in [-0.1, -0.05) is 30.3 Å². The largest absolute Gasteiger partial charge is 0.331 e. The van der Waals surface area contributed by atoms with Crippen molar-refractivity contribution in [2.45, 2.75) is 27.7 Å². The summed E-state index contributed by atoms with van der Waals surface area (Å²) in [6, 6.07) is 14.8. The van der Waals surface area contributed by atoms with Crippen LogP contribution in [-0.2, 0) is 0 Å². The van der Waals surface area contributed by atoms with Gasteiger partial charge in [0.05, 0.1) is 5.69 Å². The predicted molar refractivity (Wildman–Crippen MR) is 96.2 cm³/mol. The molecule has 0 saturated carbocycles. The van der Waals surface area contributed by atoms with Crippen molar-refractivity contribution in [3.8, 4) is 11.3 Å². The van der Waals surface area contributed by atoms with Crippen molar-refractivity contribution in [2.75, 3.05) is 5.32 Å². The molecule has 2 nitrogen and oxygen atoms in total. The normalized spacial score (nSPS) is 10.7. The van der Waals surface area contributed by atoms with Gasteiger partial charge in [-0.05, 0) is 56.5 Å². The molecule has 0 unspecified atom stereocenters. The molecule has 0 aliphatic heterocycles. The molecule has 112 valence electrons. The molecule has 0 radical (unpaired) electrons. The average Bonchev–Trinajstić information content (AvgIpc) is 2.85. The minimum atomic E-state index is 0.944. The molecule has 0 saturated heterocycles. The molecule has 0 fully saturated rings. The molecule has 2 aromatic carbocycles. The summed E-state index contributed by atoms with van der Waals surface area (Å²) in [4.78, 5) is 6.03. The number of thiazole rings is 1. The van der Waals surface area contributed by atoms with Gasteiger partial charge < -0.3 is 5.32 Å². The van der Waals surface area contributed by atoms with E-state index in [-0.39, 0.29) is 0 Å². The van der Waals surface area contributed by atoms with E-state index in [1.165, 1.54) is 27.1 Å². The van der Waals surface area contributed by atoms with Crippen LogP contribution in [0.25, 0.3) is 11.3 Å². The second kappa shape index (κ2) is 5.93. The number of benzene rings is 2. The number of nitrogens with zero attached hydrogens (tertiary/aromatic N) is 1. The van der Waals surface area contributed by atoms with Gasteiger partial charge in [-0.25, -0.2) is 4.98 Å². The number of para-hydroxylation sites is 1. The highest BCUT2D eigenvalue weighted by Gasteiger charge is 2.11. The van der Waals surface area contributed by atoms with Gasteiger partial charge in [0.15, 0.2) is 5.13 Å². The number of anilines is 2. The highest BCUT2D eigenvalue weighted by molar-refractivity contribution is 7.16. The summed E-state index contributed by atoms with van der Waals surface area (Å²) in [6.07, 6.45) is 0. The van der Waals surface area contributed by atoms with Crippen molar-refractivity contribution in [1.82, 2.24) is 4.98 Å². The van der Waals surface area contributed by atoms with Crippen molar-refractivity contribution >= 4 is 22.2 Å². The van der Waals surface area contributed by atoms with Gasteiger partial charge in [-0.2, -0.15) is 0 Å². The third-order valence-electron chi connectivity index (χ3n) is 3.96. The van der Waals surface area contributed by atoms with E-state index in [9.17, 15) is 0 Å². The Kier molecular flexibility index (Phi) is 3.99. The van der Waals surface area contributed by atoms with Crippen LogP contribution in [0.4, 0.5) is 10.8 Å². The Morgan fingerprint density at radius 1 is 0.864 bits per heavy atom. The molecular formula is C19H20N2S. The number of hydrogen-bond donors (Lipinski definition) is 1. The number of hydrogen-bond acceptors (Lipinski definition) is 3. The standard InChI is InChI=1S/C19H20N2S/c1-12-9-10-16(11-14(12)3)18-15(4)22-19(21-18)20-17-8-6-5-7-13(17)2/h5-11H,1-4H3,(H,20,21). The van der Waals surface area contributed by atoms with Crippen LogP contribution in [0.2, 0.25) is 0 Å². The number of aryl methyl sites for hydroxylation is 4. The topological polar surface area (TPSA) is 24.9 Å². The molecule has 0 aliphatic carbocycles. The Balaban J connectivity index is 1.94. The maximum Gasteiger partial charge on any atom is 0.187 e. The lowest BCUT2D eigenvalue weighted by Crippen LogP contribution is -1.92. The summed E-state index contributed by atoms with van der Waals surface area (Å²) in [6.45, 7) is 8.52. The highest BCUT2D eigenvalue weighted by Crippen LogP contribution is 2.33. The smallest absolute Gasteiger partial charge is 0.187 e. The maximum atomic E-state index is 4.79. The fourth-order valence-corrected chi connectivity index (χ4v) is 3.28. The number of aromatic nitrogens is 1. The fourth-order valence-electron chi connectivity index (χ4n) is 2.43. The lowest BCUT2D eigenvalue weighted by molar-refractivity contribution is 1.31. The SMILES string of the molecule is Cc1ccc(-c2nc(Nc3ccccc3C)sc2C)cc1C. The van der Waals surface area contributed by atoms with E-state index < -0.39 is 0 Å². The van der Waals surface area contributed by atoms with Crippen LogP contribution in [-0.4, -0.2) is 4.98 Å². The van der Waals surface area contributed by atoms with Crippen LogP contribution >= 0.6 is 11.3 Å². The van der Waals surface area contributed by atoms with Crippen molar-refractivity contribution in [1.29, 1.82) is 0 Å². The lowest BCUT2D eigenvalue weighted by atomic mass is 10.0. The fraction of sp³-hybridized carbons (Fsp3) is 0.211. The van der Waals surface area contributed by atoms with E-state index in [1.54, 1.807) is 11.3 Å². The van der Waals surface area contributed by atoms with Crippen molar-refractivity contribution in [3.05, 3.63) is 64.0 Å². The van der Waals surface area contributed by atoms with Crippen molar-refractivity contribution in [2.24, 2.45) is 0 Å². The Morgan fingerprint density at radius 2 is 1.64 bits per heavy atom. The van der Waals surface area contributed by atoms with Crippen LogP contribution < -0.4 is 5.32 Å².